The average Bonchev–Trinajstić information content (AvgIpc) is 3.04. The highest BCUT2D eigenvalue weighted by atomic mass is 16.5. The summed E-state index contributed by atoms with van der Waals surface area (Å²) in [6, 6.07) is 6.68. The molecular formula is C17H22N2O6. The van der Waals surface area contributed by atoms with Crippen LogP contribution in [0.15, 0.2) is 30.3 Å². The highest BCUT2D eigenvalue weighted by Gasteiger charge is 2.42. The van der Waals surface area contributed by atoms with Crippen molar-refractivity contribution in [1.29, 1.82) is 0 Å². The van der Waals surface area contributed by atoms with Crippen LogP contribution in [0, 0.1) is 5.92 Å². The van der Waals surface area contributed by atoms with E-state index < -0.39 is 30.1 Å². The minimum Gasteiger partial charge on any atom is -0.480 e. The van der Waals surface area contributed by atoms with Crippen LogP contribution in [0.4, 0.5) is 4.79 Å². The summed E-state index contributed by atoms with van der Waals surface area (Å²) in [5.74, 6) is -1.62. The van der Waals surface area contributed by atoms with Crippen molar-refractivity contribution in [3.8, 4) is 0 Å². The van der Waals surface area contributed by atoms with E-state index >= 15 is 0 Å². The number of nitrogens with one attached hydrogen (secondary N) is 1. The molecule has 0 aliphatic carbocycles. The Balaban J connectivity index is 2.27. The van der Waals surface area contributed by atoms with Crippen molar-refractivity contribution in [3.63, 3.8) is 0 Å². The number of methoxy groups -OCH3 is 2. The molecule has 0 spiro atoms. The second-order valence-corrected chi connectivity index (χ2v) is 5.88. The maximum atomic E-state index is 13.0. The van der Waals surface area contributed by atoms with Gasteiger partial charge in [-0.3, -0.25) is 4.79 Å². The number of rotatable bonds is 6. The van der Waals surface area contributed by atoms with Crippen molar-refractivity contribution < 1.29 is 29.0 Å². The standard InChI is InChI=1S/C17H22N2O6/c1-24-10-11-8-13(16(21)22)19(9-11)15(20)14(18-17(23)25-2)12-6-4-3-5-7-12/h3-7,11,13-14H,8-10H2,1-2H3,(H,18,23)(H,21,22)/t11-,13+,14-/m0/s1. The third kappa shape index (κ3) is 4.48. The van der Waals surface area contributed by atoms with Gasteiger partial charge >= 0.3 is 12.1 Å². The van der Waals surface area contributed by atoms with Crippen molar-refractivity contribution in [1.82, 2.24) is 10.2 Å². The molecule has 1 heterocycles. The number of nitrogens with zero attached hydrogens (tertiary/aromatic N) is 1. The number of carboxylic acid groups (broad SMARTS) is 1. The quantitative estimate of drug-likeness (QED) is 0.794. The Morgan fingerprint density at radius 1 is 1.28 bits per heavy atom. The number of likely N-dealkylation sites (tertiary alicyclic amines) is 1. The van der Waals surface area contributed by atoms with E-state index in [4.69, 9.17) is 4.74 Å². The van der Waals surface area contributed by atoms with Gasteiger partial charge in [-0.25, -0.2) is 9.59 Å². The van der Waals surface area contributed by atoms with Gasteiger partial charge in [0.15, 0.2) is 0 Å². The number of hydrogen-bond acceptors (Lipinski definition) is 5. The van der Waals surface area contributed by atoms with Crippen LogP contribution in [0.25, 0.3) is 0 Å². The van der Waals surface area contributed by atoms with Crippen LogP contribution < -0.4 is 5.32 Å². The number of amides is 2. The van der Waals surface area contributed by atoms with Crippen LogP contribution >= 0.6 is 0 Å². The highest BCUT2D eigenvalue weighted by Crippen LogP contribution is 2.27. The van der Waals surface area contributed by atoms with E-state index in [2.05, 4.69) is 10.1 Å². The maximum Gasteiger partial charge on any atom is 0.407 e. The van der Waals surface area contributed by atoms with Gasteiger partial charge in [-0.1, -0.05) is 30.3 Å². The Kier molecular flexibility index (Phi) is 6.35. The van der Waals surface area contributed by atoms with Gasteiger partial charge in [0.25, 0.3) is 5.91 Å². The summed E-state index contributed by atoms with van der Waals surface area (Å²) in [6.07, 6.45) is -0.448. The summed E-state index contributed by atoms with van der Waals surface area (Å²) in [6.45, 7) is 0.629. The van der Waals surface area contributed by atoms with E-state index in [-0.39, 0.29) is 12.5 Å². The average molecular weight is 350 g/mol. The fourth-order valence-corrected chi connectivity index (χ4v) is 3.03. The number of alkyl carbamates (subject to hydrolysis) is 1. The molecule has 1 aromatic rings. The molecule has 0 aromatic heterocycles. The van der Waals surface area contributed by atoms with Crippen molar-refractivity contribution in [2.45, 2.75) is 18.5 Å². The maximum absolute atomic E-state index is 13.0. The second kappa shape index (κ2) is 8.48. The molecule has 25 heavy (non-hydrogen) atoms. The molecule has 0 radical (unpaired) electrons. The first-order valence-corrected chi connectivity index (χ1v) is 7.89. The largest absolute Gasteiger partial charge is 0.480 e. The minimum absolute atomic E-state index is 0.0652. The van der Waals surface area contributed by atoms with Crippen molar-refractivity contribution in [3.05, 3.63) is 35.9 Å². The number of aliphatic carboxylic acids is 1. The van der Waals surface area contributed by atoms with Gasteiger partial charge in [-0.15, -0.1) is 0 Å². The SMILES string of the molecule is COC[C@H]1C[C@H](C(=O)O)N(C(=O)[C@@H](NC(=O)OC)c2ccccc2)C1. The summed E-state index contributed by atoms with van der Waals surface area (Å²) in [5, 5.41) is 11.9. The van der Waals surface area contributed by atoms with Crippen molar-refractivity contribution >= 4 is 18.0 Å². The first-order chi connectivity index (χ1) is 12.0. The number of carbonyl (C=O) groups is 3. The van der Waals surface area contributed by atoms with E-state index in [1.807, 2.05) is 0 Å². The molecule has 136 valence electrons. The van der Waals surface area contributed by atoms with Crippen LogP contribution in [0.1, 0.15) is 18.0 Å². The normalized spacial score (nSPS) is 20.8. The van der Waals surface area contributed by atoms with E-state index in [1.54, 1.807) is 30.3 Å². The number of benzene rings is 1. The Morgan fingerprint density at radius 2 is 1.96 bits per heavy atom. The van der Waals surface area contributed by atoms with Crippen LogP contribution in [0.2, 0.25) is 0 Å². The van der Waals surface area contributed by atoms with Crippen LogP contribution in [-0.4, -0.2) is 61.4 Å². The molecule has 3 atom stereocenters. The van der Waals surface area contributed by atoms with Gasteiger partial charge in [0.05, 0.1) is 13.7 Å². The molecule has 1 aliphatic rings. The van der Waals surface area contributed by atoms with Gasteiger partial charge in [0.1, 0.15) is 12.1 Å². The molecule has 0 bridgehead atoms. The minimum atomic E-state index is -1.07. The molecular weight excluding hydrogens is 328 g/mol. The zero-order chi connectivity index (χ0) is 18.4. The van der Waals surface area contributed by atoms with E-state index in [9.17, 15) is 19.5 Å². The molecule has 2 amide bonds. The molecule has 1 aromatic carbocycles. The Hall–Kier alpha value is -2.61. The Labute approximate surface area is 145 Å². The van der Waals surface area contributed by atoms with Crippen LogP contribution in [0.5, 0.6) is 0 Å². The van der Waals surface area contributed by atoms with Gasteiger partial charge in [0.2, 0.25) is 0 Å². The zero-order valence-electron chi connectivity index (χ0n) is 14.2. The second-order valence-electron chi connectivity index (χ2n) is 5.88. The topological polar surface area (TPSA) is 105 Å². The van der Waals surface area contributed by atoms with Gasteiger partial charge in [0, 0.05) is 19.6 Å². The van der Waals surface area contributed by atoms with Crippen LogP contribution in [-0.2, 0) is 19.1 Å². The Morgan fingerprint density at radius 3 is 2.52 bits per heavy atom. The highest BCUT2D eigenvalue weighted by molar-refractivity contribution is 5.90. The van der Waals surface area contributed by atoms with Crippen LogP contribution in [0.3, 0.4) is 0 Å². The lowest BCUT2D eigenvalue weighted by Gasteiger charge is -2.27. The predicted octanol–water partition coefficient (Wildman–Crippen LogP) is 1.03. The Bertz CT molecular complexity index is 621. The van der Waals surface area contributed by atoms with E-state index in [0.717, 1.165) is 0 Å². The molecule has 1 saturated heterocycles. The van der Waals surface area contributed by atoms with Gasteiger partial charge in [-0.05, 0) is 12.0 Å². The smallest absolute Gasteiger partial charge is 0.407 e. The molecule has 1 fully saturated rings. The number of carbonyl (C=O) groups excluding carboxylic acids is 2. The third-order valence-corrected chi connectivity index (χ3v) is 4.19. The molecule has 8 heteroatoms. The van der Waals surface area contributed by atoms with Gasteiger partial charge in [-0.2, -0.15) is 0 Å². The molecule has 2 N–H and O–H groups in total. The zero-order valence-corrected chi connectivity index (χ0v) is 14.2. The first kappa shape index (κ1) is 18.7. The lowest BCUT2D eigenvalue weighted by Crippen LogP contribution is -2.47. The van der Waals surface area contributed by atoms with E-state index in [1.165, 1.54) is 19.1 Å². The molecule has 2 rings (SSSR count). The van der Waals surface area contributed by atoms with Crippen molar-refractivity contribution in [2.75, 3.05) is 27.4 Å². The fourth-order valence-electron chi connectivity index (χ4n) is 3.03. The van der Waals surface area contributed by atoms with Gasteiger partial charge < -0.3 is 24.8 Å². The molecule has 8 nitrogen and oxygen atoms in total. The first-order valence-electron chi connectivity index (χ1n) is 7.89. The van der Waals surface area contributed by atoms with Crippen molar-refractivity contribution in [2.24, 2.45) is 5.92 Å². The number of ether oxygens (including phenoxy) is 2. The van der Waals surface area contributed by atoms with E-state index in [0.29, 0.717) is 18.6 Å². The summed E-state index contributed by atoms with van der Waals surface area (Å²) in [4.78, 5) is 37.5. The third-order valence-electron chi connectivity index (χ3n) is 4.19. The summed E-state index contributed by atoms with van der Waals surface area (Å²) in [5.41, 5.74) is 0.553. The number of carboxylic acids is 1. The molecule has 0 unspecified atom stereocenters. The predicted molar refractivity (Wildman–Crippen MR) is 87.8 cm³/mol. The summed E-state index contributed by atoms with van der Waals surface area (Å²) < 4.78 is 9.68. The number of hydrogen-bond donors (Lipinski definition) is 2. The lowest BCUT2D eigenvalue weighted by molar-refractivity contribution is -0.149. The molecule has 1 aliphatic heterocycles. The lowest BCUT2D eigenvalue weighted by atomic mass is 10.1. The summed E-state index contributed by atoms with van der Waals surface area (Å²) in [7, 11) is 2.73. The monoisotopic (exact) mass is 350 g/mol. The molecule has 0 saturated carbocycles. The summed E-state index contributed by atoms with van der Waals surface area (Å²) >= 11 is 0. The fraction of sp³-hybridized carbons (Fsp3) is 0.471.